The summed E-state index contributed by atoms with van der Waals surface area (Å²) in [6.45, 7) is -0.646. The summed E-state index contributed by atoms with van der Waals surface area (Å²) in [5.74, 6) is -0.234. The molecule has 1 atom stereocenters. The van der Waals surface area contributed by atoms with Crippen molar-refractivity contribution >= 4 is 32.4 Å². The van der Waals surface area contributed by atoms with Crippen LogP contribution >= 0.6 is 15.9 Å². The molecular formula is C9H9BrF3NO2S. The molecule has 0 fully saturated rings. The molecule has 0 amide bonds. The maximum absolute atomic E-state index is 11.7. The van der Waals surface area contributed by atoms with Crippen LogP contribution in [-0.2, 0) is 15.5 Å². The van der Waals surface area contributed by atoms with Gasteiger partial charge < -0.3 is 5.73 Å². The molecule has 0 saturated heterocycles. The molecule has 1 aromatic carbocycles. The van der Waals surface area contributed by atoms with Crippen LogP contribution in [0.1, 0.15) is 0 Å². The van der Waals surface area contributed by atoms with Gasteiger partial charge in [0.25, 0.3) is 0 Å². The molecule has 0 aromatic heterocycles. The summed E-state index contributed by atoms with van der Waals surface area (Å²) >= 11 is 3.14. The highest BCUT2D eigenvalue weighted by Crippen LogP contribution is 2.23. The zero-order valence-electron chi connectivity index (χ0n) is 8.46. The van der Waals surface area contributed by atoms with Crippen LogP contribution in [0.15, 0.2) is 27.6 Å². The minimum absolute atomic E-state index is 0.234. The summed E-state index contributed by atoms with van der Waals surface area (Å²) in [6.07, 6.45) is -4.69. The molecular weight excluding hydrogens is 323 g/mol. The highest BCUT2D eigenvalue weighted by Gasteiger charge is 2.29. The Bertz CT molecular complexity index is 425. The summed E-state index contributed by atoms with van der Waals surface area (Å²) in [5.41, 5.74) is 5.96. The topological polar surface area (TPSA) is 52.3 Å². The lowest BCUT2D eigenvalue weighted by Crippen LogP contribution is -2.18. The third-order valence-corrected chi connectivity index (χ3v) is 4.04. The Kier molecular flexibility index (Phi) is 4.96. The van der Waals surface area contributed by atoms with E-state index >= 15 is 0 Å². The lowest BCUT2D eigenvalue weighted by molar-refractivity contribution is -0.322. The van der Waals surface area contributed by atoms with Gasteiger partial charge in [0, 0.05) is 10.2 Å². The van der Waals surface area contributed by atoms with Crippen molar-refractivity contribution in [1.29, 1.82) is 0 Å². The summed E-state index contributed by atoms with van der Waals surface area (Å²) in [6, 6.07) is 4.57. The average molecular weight is 332 g/mol. The van der Waals surface area contributed by atoms with Crippen LogP contribution < -0.4 is 5.73 Å². The largest absolute Gasteiger partial charge is 0.522 e. The highest BCUT2D eigenvalue weighted by atomic mass is 79.9. The molecule has 0 aliphatic carbocycles. The standard InChI is InChI=1S/C9H9BrF3NO2S/c10-7-5-6(14)1-2-8(7)17(15)4-3-16-9(11,12)13/h1-2,5H,3-4,14H2. The van der Waals surface area contributed by atoms with E-state index in [0.29, 0.717) is 15.1 Å². The summed E-state index contributed by atoms with van der Waals surface area (Å²) in [7, 11) is -1.57. The van der Waals surface area contributed by atoms with Gasteiger partial charge in [0.1, 0.15) is 0 Å². The Morgan fingerprint density at radius 2 is 2.06 bits per heavy atom. The Morgan fingerprint density at radius 3 is 2.59 bits per heavy atom. The fourth-order valence-electron chi connectivity index (χ4n) is 1.04. The second-order valence-electron chi connectivity index (χ2n) is 3.03. The number of anilines is 1. The van der Waals surface area contributed by atoms with E-state index in [1.54, 1.807) is 0 Å². The van der Waals surface area contributed by atoms with E-state index in [-0.39, 0.29) is 5.75 Å². The first-order chi connectivity index (χ1) is 7.79. The van der Waals surface area contributed by atoms with E-state index in [0.717, 1.165) is 0 Å². The predicted octanol–water partition coefficient (Wildman–Crippen LogP) is 2.68. The third-order valence-electron chi connectivity index (χ3n) is 1.74. The van der Waals surface area contributed by atoms with Crippen molar-refractivity contribution in [1.82, 2.24) is 0 Å². The molecule has 8 heteroatoms. The average Bonchev–Trinajstić information content (AvgIpc) is 2.15. The quantitative estimate of drug-likeness (QED) is 0.863. The Labute approximate surface area is 107 Å². The van der Waals surface area contributed by atoms with Gasteiger partial charge in [-0.05, 0) is 34.1 Å². The fourth-order valence-corrected chi connectivity index (χ4v) is 2.93. The molecule has 0 spiro atoms. The van der Waals surface area contributed by atoms with Crippen LogP contribution in [0.25, 0.3) is 0 Å². The van der Waals surface area contributed by atoms with Crippen molar-refractivity contribution in [2.75, 3.05) is 18.1 Å². The van der Waals surface area contributed by atoms with Gasteiger partial charge in [-0.25, -0.2) is 0 Å². The number of ether oxygens (including phenoxy) is 1. The van der Waals surface area contributed by atoms with Crippen molar-refractivity contribution in [3.63, 3.8) is 0 Å². The number of rotatable bonds is 4. The van der Waals surface area contributed by atoms with Gasteiger partial charge in [-0.1, -0.05) is 0 Å². The molecule has 0 radical (unpaired) electrons. The third kappa shape index (κ3) is 5.05. The van der Waals surface area contributed by atoms with Crippen molar-refractivity contribution in [3.8, 4) is 0 Å². The van der Waals surface area contributed by atoms with Gasteiger partial charge in [0.15, 0.2) is 0 Å². The minimum Gasteiger partial charge on any atom is -0.399 e. The lowest BCUT2D eigenvalue weighted by atomic mass is 10.3. The molecule has 17 heavy (non-hydrogen) atoms. The second-order valence-corrected chi connectivity index (χ2v) is 5.43. The number of alkyl halides is 3. The van der Waals surface area contributed by atoms with Crippen LogP contribution in [-0.4, -0.2) is 22.9 Å². The van der Waals surface area contributed by atoms with Crippen LogP contribution in [0.2, 0.25) is 0 Å². The van der Waals surface area contributed by atoms with Crippen LogP contribution in [0.5, 0.6) is 0 Å². The molecule has 0 bridgehead atoms. The number of hydrogen-bond acceptors (Lipinski definition) is 3. The highest BCUT2D eigenvalue weighted by molar-refractivity contribution is 9.10. The van der Waals surface area contributed by atoms with E-state index in [1.165, 1.54) is 18.2 Å². The van der Waals surface area contributed by atoms with Gasteiger partial charge >= 0.3 is 6.36 Å². The molecule has 0 heterocycles. The molecule has 1 rings (SSSR count). The molecule has 2 N–H and O–H groups in total. The van der Waals surface area contributed by atoms with Crippen LogP contribution in [0.4, 0.5) is 18.9 Å². The zero-order valence-corrected chi connectivity index (χ0v) is 10.9. The first kappa shape index (κ1) is 14.5. The Balaban J connectivity index is 2.59. The minimum atomic E-state index is -4.69. The second kappa shape index (κ2) is 5.83. The van der Waals surface area contributed by atoms with Gasteiger partial charge in [-0.3, -0.25) is 8.95 Å². The molecule has 96 valence electrons. The smallest absolute Gasteiger partial charge is 0.399 e. The molecule has 3 nitrogen and oxygen atoms in total. The predicted molar refractivity (Wildman–Crippen MR) is 61.8 cm³/mol. The fraction of sp³-hybridized carbons (Fsp3) is 0.333. The Hall–Kier alpha value is -0.600. The monoisotopic (exact) mass is 331 g/mol. The van der Waals surface area contributed by atoms with Crippen LogP contribution in [0.3, 0.4) is 0 Å². The van der Waals surface area contributed by atoms with Crippen molar-refractivity contribution in [2.24, 2.45) is 0 Å². The lowest BCUT2D eigenvalue weighted by Gasteiger charge is -2.08. The number of benzene rings is 1. The first-order valence-corrected chi connectivity index (χ1v) is 6.55. The van der Waals surface area contributed by atoms with E-state index in [2.05, 4.69) is 20.7 Å². The zero-order chi connectivity index (χ0) is 13.1. The first-order valence-electron chi connectivity index (χ1n) is 4.43. The number of nitrogen functional groups attached to an aromatic ring is 1. The number of hydrogen-bond donors (Lipinski definition) is 1. The van der Waals surface area contributed by atoms with Crippen molar-refractivity contribution in [3.05, 3.63) is 22.7 Å². The maximum atomic E-state index is 11.7. The molecule has 1 aromatic rings. The summed E-state index contributed by atoms with van der Waals surface area (Å²) in [5, 5.41) is 0. The van der Waals surface area contributed by atoms with Crippen molar-refractivity contribution in [2.45, 2.75) is 11.3 Å². The van der Waals surface area contributed by atoms with E-state index < -0.39 is 23.8 Å². The van der Waals surface area contributed by atoms with Gasteiger partial charge in [-0.2, -0.15) is 0 Å². The van der Waals surface area contributed by atoms with Gasteiger partial charge in [-0.15, -0.1) is 13.2 Å². The van der Waals surface area contributed by atoms with E-state index in [4.69, 9.17) is 5.73 Å². The molecule has 0 aliphatic rings. The number of halogens is 4. The maximum Gasteiger partial charge on any atom is 0.522 e. The SMILES string of the molecule is Nc1ccc(S(=O)CCOC(F)(F)F)c(Br)c1. The summed E-state index contributed by atoms with van der Waals surface area (Å²) in [4.78, 5) is 0.393. The van der Waals surface area contributed by atoms with Gasteiger partial charge in [0.2, 0.25) is 0 Å². The molecule has 1 unspecified atom stereocenters. The number of nitrogens with two attached hydrogens (primary N) is 1. The molecule has 0 aliphatic heterocycles. The van der Waals surface area contributed by atoms with E-state index in [1.807, 2.05) is 0 Å². The normalized spacial score (nSPS) is 13.6. The van der Waals surface area contributed by atoms with Crippen molar-refractivity contribution < 1.29 is 22.1 Å². The van der Waals surface area contributed by atoms with E-state index in [9.17, 15) is 17.4 Å². The van der Waals surface area contributed by atoms with Crippen LogP contribution in [0, 0.1) is 0 Å². The van der Waals surface area contributed by atoms with Gasteiger partial charge in [0.05, 0.1) is 28.1 Å². The Morgan fingerprint density at radius 1 is 1.41 bits per heavy atom. The summed E-state index contributed by atoms with van der Waals surface area (Å²) < 4.78 is 50.8. The molecule has 0 saturated carbocycles.